The van der Waals surface area contributed by atoms with Crippen LogP contribution in [0.1, 0.15) is 20.8 Å². The van der Waals surface area contributed by atoms with Crippen molar-refractivity contribution in [1.29, 1.82) is 0 Å². The largest absolute Gasteiger partial charge is 0.469 e. The van der Waals surface area contributed by atoms with E-state index in [0.29, 0.717) is 18.4 Å². The van der Waals surface area contributed by atoms with Crippen molar-refractivity contribution in [3.05, 3.63) is 0 Å². The Hall–Kier alpha value is -0.570. The number of methoxy groups -OCH3 is 1. The zero-order chi connectivity index (χ0) is 10.0. The number of rotatable bonds is 1. The first kappa shape index (κ1) is 10.5. The molecule has 4 atom stereocenters. The summed E-state index contributed by atoms with van der Waals surface area (Å²) in [5, 5.41) is 0. The fourth-order valence-electron chi connectivity index (χ4n) is 1.79. The van der Waals surface area contributed by atoms with Crippen LogP contribution in [0.15, 0.2) is 0 Å². The zero-order valence-corrected chi connectivity index (χ0v) is 8.74. The highest BCUT2D eigenvalue weighted by molar-refractivity contribution is 5.72. The van der Waals surface area contributed by atoms with Crippen molar-refractivity contribution in [2.24, 2.45) is 17.8 Å². The first-order valence-corrected chi connectivity index (χ1v) is 4.77. The normalized spacial score (nSPS) is 40.0. The summed E-state index contributed by atoms with van der Waals surface area (Å²) in [5.74, 6) is 0.525. The standard InChI is InChI=1S/C10H18O3/c1-6-7(2)9(10(11)12-4)5-13-8(6)3/h6-9H,5H2,1-4H3/t6-,7-,8+,9-/m0/s1. The van der Waals surface area contributed by atoms with Gasteiger partial charge in [-0.3, -0.25) is 4.79 Å². The summed E-state index contributed by atoms with van der Waals surface area (Å²) in [4.78, 5) is 11.3. The fraction of sp³-hybridized carbons (Fsp3) is 0.900. The second-order valence-electron chi connectivity index (χ2n) is 3.89. The molecule has 0 aromatic heterocycles. The van der Waals surface area contributed by atoms with Crippen molar-refractivity contribution >= 4 is 5.97 Å². The lowest BCUT2D eigenvalue weighted by Crippen LogP contribution is -2.42. The number of ether oxygens (including phenoxy) is 2. The summed E-state index contributed by atoms with van der Waals surface area (Å²) < 4.78 is 10.2. The topological polar surface area (TPSA) is 35.5 Å². The van der Waals surface area contributed by atoms with E-state index in [0.717, 1.165) is 0 Å². The maximum absolute atomic E-state index is 11.3. The molecule has 1 heterocycles. The number of hydrogen-bond donors (Lipinski definition) is 0. The Labute approximate surface area is 79.4 Å². The van der Waals surface area contributed by atoms with Gasteiger partial charge in [0.05, 0.1) is 25.7 Å². The quantitative estimate of drug-likeness (QED) is 0.582. The summed E-state index contributed by atoms with van der Waals surface area (Å²) in [5.41, 5.74) is 0. The van der Waals surface area contributed by atoms with Crippen LogP contribution in [-0.2, 0) is 14.3 Å². The van der Waals surface area contributed by atoms with Crippen LogP contribution in [0, 0.1) is 17.8 Å². The lowest BCUT2D eigenvalue weighted by atomic mass is 9.79. The van der Waals surface area contributed by atoms with Gasteiger partial charge in [0.25, 0.3) is 0 Å². The highest BCUT2D eigenvalue weighted by Crippen LogP contribution is 2.31. The van der Waals surface area contributed by atoms with Crippen molar-refractivity contribution in [2.75, 3.05) is 13.7 Å². The minimum absolute atomic E-state index is 0.0869. The van der Waals surface area contributed by atoms with Gasteiger partial charge in [0, 0.05) is 0 Å². The summed E-state index contributed by atoms with van der Waals surface area (Å²) in [6, 6.07) is 0. The van der Waals surface area contributed by atoms with Crippen LogP contribution in [0.4, 0.5) is 0 Å². The molecule has 0 saturated carbocycles. The molecule has 0 amide bonds. The van der Waals surface area contributed by atoms with Crippen molar-refractivity contribution in [1.82, 2.24) is 0 Å². The summed E-state index contributed by atoms with van der Waals surface area (Å²) in [6.07, 6.45) is 0.246. The van der Waals surface area contributed by atoms with Crippen molar-refractivity contribution < 1.29 is 14.3 Å². The molecule has 0 unspecified atom stereocenters. The number of carbonyl (C=O) groups excluding carboxylic acids is 1. The van der Waals surface area contributed by atoms with Crippen molar-refractivity contribution in [3.8, 4) is 0 Å². The van der Waals surface area contributed by atoms with E-state index in [1.165, 1.54) is 7.11 Å². The molecule has 1 fully saturated rings. The molecule has 13 heavy (non-hydrogen) atoms. The van der Waals surface area contributed by atoms with E-state index < -0.39 is 0 Å². The van der Waals surface area contributed by atoms with Gasteiger partial charge in [0.1, 0.15) is 0 Å². The van der Waals surface area contributed by atoms with Crippen LogP contribution >= 0.6 is 0 Å². The van der Waals surface area contributed by atoms with Crippen LogP contribution in [0.3, 0.4) is 0 Å². The molecule has 0 bridgehead atoms. The number of carbonyl (C=O) groups is 1. The average Bonchev–Trinajstić information content (AvgIpc) is 2.13. The van der Waals surface area contributed by atoms with Gasteiger partial charge in [-0.05, 0) is 18.8 Å². The van der Waals surface area contributed by atoms with E-state index in [9.17, 15) is 4.79 Å². The van der Waals surface area contributed by atoms with E-state index in [1.54, 1.807) is 0 Å². The van der Waals surface area contributed by atoms with E-state index in [-0.39, 0.29) is 18.0 Å². The maximum atomic E-state index is 11.3. The minimum atomic E-state index is -0.147. The third-order valence-electron chi connectivity index (χ3n) is 3.25. The molecular weight excluding hydrogens is 168 g/mol. The minimum Gasteiger partial charge on any atom is -0.469 e. The molecule has 1 aliphatic heterocycles. The Morgan fingerprint density at radius 1 is 1.31 bits per heavy atom. The van der Waals surface area contributed by atoms with Gasteiger partial charge in [-0.15, -0.1) is 0 Å². The Balaban J connectivity index is 2.63. The Morgan fingerprint density at radius 3 is 2.46 bits per heavy atom. The van der Waals surface area contributed by atoms with E-state index in [1.807, 2.05) is 0 Å². The van der Waals surface area contributed by atoms with Gasteiger partial charge >= 0.3 is 5.97 Å². The lowest BCUT2D eigenvalue weighted by Gasteiger charge is -2.36. The van der Waals surface area contributed by atoms with Crippen LogP contribution in [0.25, 0.3) is 0 Å². The predicted octanol–water partition coefficient (Wildman–Crippen LogP) is 1.47. The molecule has 1 aliphatic rings. The molecule has 1 rings (SSSR count). The van der Waals surface area contributed by atoms with Gasteiger partial charge in [0.2, 0.25) is 0 Å². The first-order chi connectivity index (χ1) is 6.07. The molecule has 1 saturated heterocycles. The Morgan fingerprint density at radius 2 is 1.92 bits per heavy atom. The molecule has 0 aliphatic carbocycles. The Bertz CT molecular complexity index is 191. The van der Waals surface area contributed by atoms with Gasteiger partial charge in [-0.2, -0.15) is 0 Å². The third kappa shape index (κ3) is 2.02. The van der Waals surface area contributed by atoms with Crippen molar-refractivity contribution in [3.63, 3.8) is 0 Å². The molecule has 0 spiro atoms. The number of hydrogen-bond acceptors (Lipinski definition) is 3. The summed E-state index contributed by atoms with van der Waals surface area (Å²) >= 11 is 0. The number of esters is 1. The lowest BCUT2D eigenvalue weighted by molar-refractivity contribution is -0.159. The second-order valence-corrected chi connectivity index (χ2v) is 3.89. The first-order valence-electron chi connectivity index (χ1n) is 4.77. The van der Waals surface area contributed by atoms with E-state index in [2.05, 4.69) is 20.8 Å². The second kappa shape index (κ2) is 4.09. The van der Waals surface area contributed by atoms with Gasteiger partial charge in [-0.1, -0.05) is 13.8 Å². The molecule has 0 radical (unpaired) electrons. The van der Waals surface area contributed by atoms with Crippen LogP contribution in [-0.4, -0.2) is 25.8 Å². The van der Waals surface area contributed by atoms with E-state index >= 15 is 0 Å². The summed E-state index contributed by atoms with van der Waals surface area (Å²) in [7, 11) is 1.43. The van der Waals surface area contributed by atoms with Crippen LogP contribution in [0.5, 0.6) is 0 Å². The zero-order valence-electron chi connectivity index (χ0n) is 8.74. The molecule has 76 valence electrons. The average molecular weight is 186 g/mol. The molecule has 3 nitrogen and oxygen atoms in total. The monoisotopic (exact) mass is 186 g/mol. The highest BCUT2D eigenvalue weighted by atomic mass is 16.5. The van der Waals surface area contributed by atoms with Gasteiger partial charge in [0.15, 0.2) is 0 Å². The van der Waals surface area contributed by atoms with Crippen LogP contribution < -0.4 is 0 Å². The van der Waals surface area contributed by atoms with Crippen LogP contribution in [0.2, 0.25) is 0 Å². The molecule has 0 aromatic carbocycles. The maximum Gasteiger partial charge on any atom is 0.311 e. The van der Waals surface area contributed by atoms with Crippen molar-refractivity contribution in [2.45, 2.75) is 26.9 Å². The third-order valence-corrected chi connectivity index (χ3v) is 3.25. The molecule has 0 aromatic rings. The summed E-state index contributed by atoms with van der Waals surface area (Å²) in [6.45, 7) is 6.75. The Kier molecular flexibility index (Phi) is 3.31. The van der Waals surface area contributed by atoms with Gasteiger partial charge < -0.3 is 9.47 Å². The molecule has 0 N–H and O–H groups in total. The highest BCUT2D eigenvalue weighted by Gasteiger charge is 2.37. The predicted molar refractivity (Wildman–Crippen MR) is 49.2 cm³/mol. The molecular formula is C10H18O3. The SMILES string of the molecule is COC(=O)[C@H]1CO[C@H](C)[C@@H](C)[C@@H]1C. The van der Waals surface area contributed by atoms with Gasteiger partial charge in [-0.25, -0.2) is 0 Å². The molecule has 3 heteroatoms. The van der Waals surface area contributed by atoms with E-state index in [4.69, 9.17) is 9.47 Å². The fourth-order valence-corrected chi connectivity index (χ4v) is 1.79. The smallest absolute Gasteiger partial charge is 0.311 e.